The average molecular weight is 296 g/mol. The summed E-state index contributed by atoms with van der Waals surface area (Å²) >= 11 is 1.82. The lowest BCUT2D eigenvalue weighted by Crippen LogP contribution is -2.52. The number of aryl methyl sites for hydroxylation is 1. The minimum absolute atomic E-state index is 0.0751. The topological polar surface area (TPSA) is 41.1 Å². The molecule has 1 amide bonds. The number of rotatable bonds is 7. The summed E-state index contributed by atoms with van der Waals surface area (Å²) in [5.41, 5.74) is -0.138. The number of hydrogen-bond acceptors (Lipinski definition) is 3. The highest BCUT2D eigenvalue weighted by Gasteiger charge is 2.22. The fourth-order valence-corrected chi connectivity index (χ4v) is 3.01. The predicted octanol–water partition coefficient (Wildman–Crippen LogP) is 3.27. The maximum Gasteiger partial charge on any atom is 0.237 e. The third kappa shape index (κ3) is 5.63. The number of carbonyl (C=O) groups is 1. The molecule has 4 heteroatoms. The van der Waals surface area contributed by atoms with E-state index in [2.05, 4.69) is 57.4 Å². The average Bonchev–Trinajstić information content (AvgIpc) is 2.73. The standard InChI is InChI=1S/C16H28N2OS/c1-7-16(5,6)18-15(19)13(4)17-11(2)10-14-9-8-12(3)20-14/h8-9,11,13,17H,7,10H2,1-6H3,(H,18,19). The van der Waals surface area contributed by atoms with Crippen LogP contribution < -0.4 is 10.6 Å². The first-order chi connectivity index (χ1) is 9.23. The second kappa shape index (κ2) is 7.23. The molecule has 1 heterocycles. The van der Waals surface area contributed by atoms with Gasteiger partial charge in [0, 0.05) is 21.3 Å². The summed E-state index contributed by atoms with van der Waals surface area (Å²) in [6, 6.07) is 4.44. The van der Waals surface area contributed by atoms with E-state index in [1.165, 1.54) is 9.75 Å². The fourth-order valence-electron chi connectivity index (χ4n) is 1.99. The maximum atomic E-state index is 12.1. The quantitative estimate of drug-likeness (QED) is 0.811. The van der Waals surface area contributed by atoms with E-state index in [9.17, 15) is 4.79 Å². The summed E-state index contributed by atoms with van der Waals surface area (Å²) in [5, 5.41) is 6.46. The minimum Gasteiger partial charge on any atom is -0.350 e. The van der Waals surface area contributed by atoms with Crippen molar-refractivity contribution < 1.29 is 4.79 Å². The Morgan fingerprint density at radius 3 is 2.50 bits per heavy atom. The van der Waals surface area contributed by atoms with Crippen molar-refractivity contribution in [2.75, 3.05) is 0 Å². The second-order valence-electron chi connectivity index (χ2n) is 6.23. The molecule has 0 aliphatic carbocycles. The summed E-state index contributed by atoms with van der Waals surface area (Å²) < 4.78 is 0. The Hall–Kier alpha value is -0.870. The van der Waals surface area contributed by atoms with Gasteiger partial charge in [-0.25, -0.2) is 0 Å². The second-order valence-corrected chi connectivity index (χ2v) is 7.61. The van der Waals surface area contributed by atoms with E-state index in [0.717, 1.165) is 12.8 Å². The fraction of sp³-hybridized carbons (Fsp3) is 0.688. The van der Waals surface area contributed by atoms with E-state index in [-0.39, 0.29) is 17.5 Å². The van der Waals surface area contributed by atoms with Gasteiger partial charge in [0.05, 0.1) is 6.04 Å². The van der Waals surface area contributed by atoms with Crippen LogP contribution in [0.5, 0.6) is 0 Å². The van der Waals surface area contributed by atoms with Crippen LogP contribution in [0.4, 0.5) is 0 Å². The van der Waals surface area contributed by atoms with Gasteiger partial charge in [-0.05, 0) is 59.6 Å². The number of carbonyl (C=O) groups excluding carboxylic acids is 1. The molecule has 3 nitrogen and oxygen atoms in total. The molecule has 0 fully saturated rings. The molecular formula is C16H28N2OS. The van der Waals surface area contributed by atoms with Crippen molar-refractivity contribution in [2.45, 2.75) is 72.0 Å². The zero-order chi connectivity index (χ0) is 15.3. The minimum atomic E-state index is -0.170. The highest BCUT2D eigenvalue weighted by atomic mass is 32.1. The molecule has 0 aromatic carbocycles. The lowest BCUT2D eigenvalue weighted by Gasteiger charge is -2.28. The van der Waals surface area contributed by atoms with E-state index in [0.29, 0.717) is 6.04 Å². The largest absolute Gasteiger partial charge is 0.350 e. The highest BCUT2D eigenvalue weighted by molar-refractivity contribution is 7.11. The van der Waals surface area contributed by atoms with Crippen LogP contribution in [0.25, 0.3) is 0 Å². The van der Waals surface area contributed by atoms with Crippen molar-refractivity contribution in [1.29, 1.82) is 0 Å². The molecule has 2 N–H and O–H groups in total. The van der Waals surface area contributed by atoms with Gasteiger partial charge in [-0.3, -0.25) is 4.79 Å². The lowest BCUT2D eigenvalue weighted by atomic mass is 10.0. The van der Waals surface area contributed by atoms with E-state index in [4.69, 9.17) is 0 Å². The molecule has 0 saturated heterocycles. The highest BCUT2D eigenvalue weighted by Crippen LogP contribution is 2.16. The molecule has 0 radical (unpaired) electrons. The Balaban J connectivity index is 2.44. The molecule has 1 aromatic heterocycles. The van der Waals surface area contributed by atoms with Crippen LogP contribution in [0.3, 0.4) is 0 Å². The molecule has 0 saturated carbocycles. The lowest BCUT2D eigenvalue weighted by molar-refractivity contribution is -0.124. The number of thiophene rings is 1. The monoisotopic (exact) mass is 296 g/mol. The van der Waals surface area contributed by atoms with E-state index >= 15 is 0 Å². The van der Waals surface area contributed by atoms with Crippen molar-refractivity contribution in [3.8, 4) is 0 Å². The molecule has 114 valence electrons. The Morgan fingerprint density at radius 1 is 1.35 bits per heavy atom. The molecule has 0 aliphatic rings. The molecule has 2 unspecified atom stereocenters. The number of hydrogen-bond donors (Lipinski definition) is 2. The molecular weight excluding hydrogens is 268 g/mol. The Bertz CT molecular complexity index is 439. The normalized spacial score (nSPS) is 14.9. The van der Waals surface area contributed by atoms with Crippen LogP contribution in [-0.4, -0.2) is 23.5 Å². The molecule has 2 atom stereocenters. The van der Waals surface area contributed by atoms with Crippen molar-refractivity contribution >= 4 is 17.2 Å². The third-order valence-corrected chi connectivity index (χ3v) is 4.60. The summed E-state index contributed by atoms with van der Waals surface area (Å²) in [6.45, 7) is 12.4. The smallest absolute Gasteiger partial charge is 0.237 e. The van der Waals surface area contributed by atoms with Crippen LogP contribution in [0, 0.1) is 6.92 Å². The first kappa shape index (κ1) is 17.2. The van der Waals surface area contributed by atoms with Gasteiger partial charge in [0.15, 0.2) is 0 Å². The molecule has 0 bridgehead atoms. The van der Waals surface area contributed by atoms with Gasteiger partial charge in [-0.15, -0.1) is 11.3 Å². The Morgan fingerprint density at radius 2 is 2.00 bits per heavy atom. The maximum absolute atomic E-state index is 12.1. The van der Waals surface area contributed by atoms with Gasteiger partial charge in [-0.2, -0.15) is 0 Å². The van der Waals surface area contributed by atoms with E-state index < -0.39 is 0 Å². The summed E-state index contributed by atoms with van der Waals surface area (Å²) in [4.78, 5) is 14.8. The SMILES string of the molecule is CCC(C)(C)NC(=O)C(C)NC(C)Cc1ccc(C)s1. The number of amides is 1. The van der Waals surface area contributed by atoms with Crippen LogP contribution in [-0.2, 0) is 11.2 Å². The van der Waals surface area contributed by atoms with Crippen molar-refractivity contribution in [1.82, 2.24) is 10.6 Å². The Labute approximate surface area is 127 Å². The van der Waals surface area contributed by atoms with Gasteiger partial charge >= 0.3 is 0 Å². The van der Waals surface area contributed by atoms with Crippen molar-refractivity contribution in [3.05, 3.63) is 21.9 Å². The van der Waals surface area contributed by atoms with Crippen LogP contribution in [0.15, 0.2) is 12.1 Å². The van der Waals surface area contributed by atoms with Gasteiger partial charge in [0.25, 0.3) is 0 Å². The van der Waals surface area contributed by atoms with E-state index in [1.807, 2.05) is 18.3 Å². The van der Waals surface area contributed by atoms with Crippen LogP contribution >= 0.6 is 11.3 Å². The van der Waals surface area contributed by atoms with Gasteiger partial charge in [0.1, 0.15) is 0 Å². The first-order valence-corrected chi connectivity index (χ1v) is 8.18. The molecule has 0 spiro atoms. The van der Waals surface area contributed by atoms with Crippen LogP contribution in [0.2, 0.25) is 0 Å². The van der Waals surface area contributed by atoms with E-state index in [1.54, 1.807) is 0 Å². The summed E-state index contributed by atoms with van der Waals surface area (Å²) in [6.07, 6.45) is 1.89. The molecule has 0 aliphatic heterocycles. The Kier molecular flexibility index (Phi) is 6.21. The molecule has 1 rings (SSSR count). The molecule has 20 heavy (non-hydrogen) atoms. The molecule has 1 aromatic rings. The summed E-state index contributed by atoms with van der Waals surface area (Å²) in [7, 11) is 0. The zero-order valence-electron chi connectivity index (χ0n) is 13.5. The third-order valence-electron chi connectivity index (χ3n) is 3.58. The summed E-state index contributed by atoms with van der Waals surface area (Å²) in [5.74, 6) is 0.0751. The van der Waals surface area contributed by atoms with Crippen molar-refractivity contribution in [3.63, 3.8) is 0 Å². The van der Waals surface area contributed by atoms with Gasteiger partial charge in [-0.1, -0.05) is 6.92 Å². The zero-order valence-corrected chi connectivity index (χ0v) is 14.4. The number of nitrogens with one attached hydrogen (secondary N) is 2. The van der Waals surface area contributed by atoms with Crippen LogP contribution in [0.1, 0.15) is 50.8 Å². The van der Waals surface area contributed by atoms with Gasteiger partial charge < -0.3 is 10.6 Å². The van der Waals surface area contributed by atoms with Crippen molar-refractivity contribution in [2.24, 2.45) is 0 Å². The predicted molar refractivity (Wildman–Crippen MR) is 87.3 cm³/mol. The van der Waals surface area contributed by atoms with Gasteiger partial charge in [0.2, 0.25) is 5.91 Å². The first-order valence-electron chi connectivity index (χ1n) is 7.37.